The molecule has 5 rings (SSSR count). The molecular weight excluding hydrogens is 596 g/mol. The second-order valence-corrected chi connectivity index (χ2v) is 12.3. The maximum Gasteiger partial charge on any atom is 0.493 e. The minimum Gasteiger partial charge on any atom is -0.369 e. The van der Waals surface area contributed by atoms with E-state index in [0.29, 0.717) is 6.54 Å². The van der Waals surface area contributed by atoms with Crippen molar-refractivity contribution in [1.29, 1.82) is 0 Å². The summed E-state index contributed by atoms with van der Waals surface area (Å²) in [5.41, 5.74) is 3.96. The number of likely N-dealkylation sites (N-methyl/N-ethyl adjacent to an activating group) is 1. The zero-order chi connectivity index (χ0) is 28.8. The highest BCUT2D eigenvalue weighted by Gasteiger charge is 2.46. The Labute approximate surface area is 236 Å². The number of likely N-dealkylation sites (tertiary alicyclic amines) is 1. The molecule has 0 amide bonds. The molecule has 0 N–H and O–H groups in total. The number of benzene rings is 2. The van der Waals surface area contributed by atoms with E-state index in [0.717, 1.165) is 54.1 Å². The van der Waals surface area contributed by atoms with Gasteiger partial charge in [-0.15, -0.1) is 11.3 Å². The highest BCUT2D eigenvalue weighted by molar-refractivity contribution is 7.92. The Morgan fingerprint density at radius 3 is 2.65 bits per heavy atom. The highest BCUT2D eigenvalue weighted by atomic mass is 35.5. The predicted octanol–water partition coefficient (Wildman–Crippen LogP) is 5.35. The number of hydrogen-bond acceptors (Lipinski definition) is 8. The van der Waals surface area contributed by atoms with Gasteiger partial charge in [0.15, 0.2) is 11.6 Å². The normalized spacial score (nSPS) is 19.4. The molecule has 1 fully saturated rings. The fourth-order valence-electron chi connectivity index (χ4n) is 5.20. The van der Waals surface area contributed by atoms with Crippen LogP contribution in [-0.4, -0.2) is 56.6 Å². The monoisotopic (exact) mass is 618 g/mol. The molecule has 0 radical (unpaired) electrons. The molecule has 2 atom stereocenters. The number of aromatic nitrogens is 1. The van der Waals surface area contributed by atoms with E-state index in [9.17, 15) is 26.4 Å². The molecule has 1 saturated heterocycles. The number of nitrogens with zero attached hydrogens (tertiary/aromatic N) is 4. The lowest BCUT2D eigenvalue weighted by molar-refractivity contribution is -0.199. The lowest BCUT2D eigenvalue weighted by atomic mass is 10.1. The van der Waals surface area contributed by atoms with Crippen LogP contribution in [0, 0.1) is 5.82 Å². The molecule has 0 saturated carbocycles. The van der Waals surface area contributed by atoms with Gasteiger partial charge in [-0.05, 0) is 42.5 Å². The number of rotatable bonds is 7. The number of alkyl halides is 3. The molecule has 2 aromatic carbocycles. The third kappa shape index (κ3) is 5.24. The van der Waals surface area contributed by atoms with Crippen LogP contribution in [0.4, 0.5) is 29.1 Å². The molecule has 1 aromatic heterocycles. The summed E-state index contributed by atoms with van der Waals surface area (Å²) in [5.74, 6) is -4.87. The van der Waals surface area contributed by atoms with Gasteiger partial charge in [-0.2, -0.15) is 21.6 Å². The molecule has 2 heterocycles. The van der Waals surface area contributed by atoms with Crippen molar-refractivity contribution < 1.29 is 35.6 Å². The van der Waals surface area contributed by atoms with Gasteiger partial charge in [0.1, 0.15) is 9.92 Å². The second-order valence-electron chi connectivity index (χ2n) is 9.47. The number of hydrogen-bond donors (Lipinski definition) is 0. The van der Waals surface area contributed by atoms with Crippen LogP contribution in [0.2, 0.25) is 5.02 Å². The topological polar surface area (TPSA) is 83.1 Å². The number of sulfonamides is 1. The van der Waals surface area contributed by atoms with Crippen molar-refractivity contribution in [3.8, 4) is 0 Å². The van der Waals surface area contributed by atoms with Crippen LogP contribution >= 0.6 is 22.9 Å². The smallest absolute Gasteiger partial charge is 0.369 e. The molecule has 0 spiro atoms. The maximum absolute atomic E-state index is 15.5. The van der Waals surface area contributed by atoms with Gasteiger partial charge in [-0.3, -0.25) is 4.90 Å². The van der Waals surface area contributed by atoms with Gasteiger partial charge in [0.2, 0.25) is 0 Å². The average Bonchev–Trinajstić information content (AvgIpc) is 3.68. The third-order valence-electron chi connectivity index (χ3n) is 7.19. The summed E-state index contributed by atoms with van der Waals surface area (Å²) in [4.78, 5) is 22.3. The molecular formula is C25H23ClF4N4O4S2. The number of halogens is 5. The van der Waals surface area contributed by atoms with E-state index in [4.69, 9.17) is 11.6 Å². The van der Waals surface area contributed by atoms with Crippen LogP contribution in [0.3, 0.4) is 0 Å². The van der Waals surface area contributed by atoms with Crippen molar-refractivity contribution in [2.24, 2.45) is 0 Å². The largest absolute Gasteiger partial charge is 0.493 e. The van der Waals surface area contributed by atoms with E-state index >= 15 is 4.39 Å². The fourth-order valence-corrected chi connectivity index (χ4v) is 7.39. The van der Waals surface area contributed by atoms with Gasteiger partial charge in [0, 0.05) is 37.6 Å². The summed E-state index contributed by atoms with van der Waals surface area (Å²) in [6.07, 6.45) is -2.74. The van der Waals surface area contributed by atoms with Gasteiger partial charge in [-0.1, -0.05) is 40.3 Å². The van der Waals surface area contributed by atoms with Crippen LogP contribution in [0.25, 0.3) is 0 Å². The Morgan fingerprint density at radius 2 is 1.95 bits per heavy atom. The Bertz CT molecular complexity index is 1520. The Morgan fingerprint density at radius 1 is 1.20 bits per heavy atom. The van der Waals surface area contributed by atoms with Crippen LogP contribution in [-0.2, 0) is 26.1 Å². The molecule has 2 aliphatic rings. The minimum absolute atomic E-state index is 0.0497. The van der Waals surface area contributed by atoms with Gasteiger partial charge in [0.25, 0.3) is 10.0 Å². The summed E-state index contributed by atoms with van der Waals surface area (Å²) < 4.78 is 80.2. The predicted molar refractivity (Wildman–Crippen MR) is 141 cm³/mol. The third-order valence-corrected chi connectivity index (χ3v) is 9.69. The van der Waals surface area contributed by atoms with Crippen molar-refractivity contribution in [3.05, 3.63) is 69.3 Å². The van der Waals surface area contributed by atoms with Gasteiger partial charge < -0.3 is 9.74 Å². The number of fused-ring (bicyclic) bond motifs is 1. The van der Waals surface area contributed by atoms with Crippen molar-refractivity contribution in [2.45, 2.75) is 42.4 Å². The zero-order valence-electron chi connectivity index (χ0n) is 20.9. The molecule has 1 aliphatic carbocycles. The first kappa shape index (κ1) is 28.6. The molecule has 40 heavy (non-hydrogen) atoms. The van der Waals surface area contributed by atoms with E-state index in [1.807, 2.05) is 12.1 Å². The van der Waals surface area contributed by atoms with E-state index < -0.39 is 43.7 Å². The van der Waals surface area contributed by atoms with Crippen molar-refractivity contribution in [2.75, 3.05) is 29.5 Å². The van der Waals surface area contributed by atoms with Crippen LogP contribution in [0.15, 0.2) is 52.2 Å². The number of carbonyl (C=O) groups excluding carboxylic acids is 1. The van der Waals surface area contributed by atoms with Gasteiger partial charge in [-0.25, -0.2) is 14.2 Å². The lowest BCUT2D eigenvalue weighted by Crippen LogP contribution is -2.39. The van der Waals surface area contributed by atoms with Gasteiger partial charge >= 0.3 is 12.1 Å². The molecule has 3 aromatic rings. The summed E-state index contributed by atoms with van der Waals surface area (Å²) in [6.45, 7) is 1.49. The highest BCUT2D eigenvalue weighted by Crippen LogP contribution is 2.40. The van der Waals surface area contributed by atoms with Crippen LogP contribution < -0.4 is 9.37 Å². The number of aryl methyl sites for hydroxylation is 1. The summed E-state index contributed by atoms with van der Waals surface area (Å²) >= 11 is 7.13. The Balaban J connectivity index is 1.38. The maximum atomic E-state index is 15.5. The zero-order valence-corrected chi connectivity index (χ0v) is 23.3. The van der Waals surface area contributed by atoms with E-state index in [-0.39, 0.29) is 22.2 Å². The number of thiazole rings is 1. The van der Waals surface area contributed by atoms with Crippen LogP contribution in [0.5, 0.6) is 0 Å². The molecule has 214 valence electrons. The Hall–Kier alpha value is -2.94. The quantitative estimate of drug-likeness (QED) is 0.261. The van der Waals surface area contributed by atoms with Crippen LogP contribution in [0.1, 0.15) is 30.0 Å². The van der Waals surface area contributed by atoms with Crippen molar-refractivity contribution in [3.63, 3.8) is 0 Å². The first-order chi connectivity index (χ1) is 18.9. The SMILES string of the molecule is CN(c1ccc(S(=O)(=O)N(OC(=O)C(F)(F)F)c2cscn2)c(F)c1Cl)[C@H]1CCN([C@H]2CCc3ccccc32)C1. The van der Waals surface area contributed by atoms with E-state index in [1.165, 1.54) is 17.2 Å². The first-order valence-electron chi connectivity index (χ1n) is 12.1. The van der Waals surface area contributed by atoms with E-state index in [1.54, 1.807) is 11.9 Å². The summed E-state index contributed by atoms with van der Waals surface area (Å²) in [5, 5.41) is 0.492. The lowest BCUT2D eigenvalue weighted by Gasteiger charge is -2.30. The van der Waals surface area contributed by atoms with Crippen molar-refractivity contribution >= 4 is 50.4 Å². The van der Waals surface area contributed by atoms with E-state index in [2.05, 4.69) is 26.9 Å². The molecule has 0 unspecified atom stereocenters. The van der Waals surface area contributed by atoms with Crippen molar-refractivity contribution in [1.82, 2.24) is 9.88 Å². The second kappa shape index (κ2) is 10.8. The average molecular weight is 619 g/mol. The summed E-state index contributed by atoms with van der Waals surface area (Å²) in [7, 11) is -3.47. The number of carbonyl (C=O) groups is 1. The van der Waals surface area contributed by atoms with Gasteiger partial charge in [0.05, 0.1) is 11.2 Å². The molecule has 8 nitrogen and oxygen atoms in total. The first-order valence-corrected chi connectivity index (χ1v) is 14.9. The standard InChI is InChI=1S/C25H23ClF4N4O4S2/c1-32(16-10-11-33(12-16)18-7-6-15-4-2-3-5-17(15)18)19-8-9-20(23(27)22(19)26)40(36,37)34(21-13-39-14-31-21)38-24(35)25(28,29)30/h2-5,8-9,13-14,16,18H,6-7,10-12H2,1H3/t16-,18-/m0/s1. The Kier molecular flexibility index (Phi) is 7.72. The molecule has 1 aliphatic heterocycles. The molecule has 15 heteroatoms. The summed E-state index contributed by atoms with van der Waals surface area (Å²) in [6, 6.07) is 10.7. The minimum atomic E-state index is -5.51. The fraction of sp³-hybridized carbons (Fsp3) is 0.360. The molecule has 0 bridgehead atoms. The number of anilines is 2.